The number of hydrogen-bond donors (Lipinski definition) is 0. The van der Waals surface area contributed by atoms with Gasteiger partial charge in [0.15, 0.2) is 5.69 Å². The zero-order valence-corrected chi connectivity index (χ0v) is 13.1. The molecule has 5 nitrogen and oxygen atoms in total. The lowest BCUT2D eigenvalue weighted by Gasteiger charge is -2.04. The van der Waals surface area contributed by atoms with Crippen LogP contribution in [0.25, 0.3) is 11.1 Å². The minimum atomic E-state index is -0.643. The zero-order chi connectivity index (χ0) is 16.9. The molecule has 0 radical (unpaired) electrons. The molecule has 0 amide bonds. The lowest BCUT2D eigenvalue weighted by atomic mass is 9.98. The van der Waals surface area contributed by atoms with Crippen LogP contribution in [0.5, 0.6) is 0 Å². The highest BCUT2D eigenvalue weighted by molar-refractivity contribution is 6.13. The van der Waals surface area contributed by atoms with E-state index in [1.807, 2.05) is 24.3 Å². The summed E-state index contributed by atoms with van der Waals surface area (Å²) in [4.78, 5) is 24.9. The summed E-state index contributed by atoms with van der Waals surface area (Å²) in [5.41, 5.74) is 1.58. The van der Waals surface area contributed by atoms with Crippen LogP contribution in [0.15, 0.2) is 65.2 Å². The lowest BCUT2D eigenvalue weighted by molar-refractivity contribution is 0.0480. The molecule has 0 aliphatic heterocycles. The average molecular weight is 321 g/mol. The maximum absolute atomic E-state index is 12.8. The van der Waals surface area contributed by atoms with Crippen LogP contribution in [0.1, 0.15) is 33.5 Å². The molecule has 0 aliphatic rings. The molecule has 0 N–H and O–H groups in total. The van der Waals surface area contributed by atoms with Gasteiger partial charge in [-0.15, -0.1) is 0 Å². The van der Waals surface area contributed by atoms with E-state index in [2.05, 4.69) is 5.16 Å². The van der Waals surface area contributed by atoms with Crippen molar-refractivity contribution in [3.63, 3.8) is 0 Å². The highest BCUT2D eigenvalue weighted by Crippen LogP contribution is 2.30. The smallest absolute Gasteiger partial charge is 0.377 e. The van der Waals surface area contributed by atoms with Gasteiger partial charge in [-0.2, -0.15) is 0 Å². The molecule has 0 bridgehead atoms. The van der Waals surface area contributed by atoms with Crippen molar-refractivity contribution in [2.45, 2.75) is 6.92 Å². The first-order chi connectivity index (χ1) is 11.7. The van der Waals surface area contributed by atoms with Crippen molar-refractivity contribution in [2.24, 2.45) is 0 Å². The van der Waals surface area contributed by atoms with Crippen LogP contribution >= 0.6 is 0 Å². The van der Waals surface area contributed by atoms with E-state index >= 15 is 0 Å². The number of hydrogen-bond acceptors (Lipinski definition) is 5. The summed E-state index contributed by atoms with van der Waals surface area (Å²) in [7, 11) is 0. The second-order valence-corrected chi connectivity index (χ2v) is 5.02. The van der Waals surface area contributed by atoms with E-state index in [1.165, 1.54) is 0 Å². The van der Waals surface area contributed by atoms with E-state index in [0.717, 1.165) is 0 Å². The van der Waals surface area contributed by atoms with Gasteiger partial charge in [0.1, 0.15) is 0 Å². The SMILES string of the molecule is CCOC(=O)c1onc(C(=O)c2ccccc2)c1-c1ccccc1. The first-order valence-corrected chi connectivity index (χ1v) is 7.54. The van der Waals surface area contributed by atoms with Gasteiger partial charge in [-0.05, 0) is 12.5 Å². The summed E-state index contributed by atoms with van der Waals surface area (Å²) in [5.74, 6) is -1.02. The highest BCUT2D eigenvalue weighted by atomic mass is 16.6. The van der Waals surface area contributed by atoms with Crippen molar-refractivity contribution < 1.29 is 18.8 Å². The molecule has 0 saturated heterocycles. The molecule has 1 aromatic heterocycles. The number of carbonyl (C=O) groups excluding carboxylic acids is 2. The quantitative estimate of drug-likeness (QED) is 0.529. The van der Waals surface area contributed by atoms with Gasteiger partial charge >= 0.3 is 5.97 Å². The molecule has 0 atom stereocenters. The molecule has 3 rings (SSSR count). The zero-order valence-electron chi connectivity index (χ0n) is 13.1. The van der Waals surface area contributed by atoms with E-state index in [9.17, 15) is 9.59 Å². The van der Waals surface area contributed by atoms with E-state index in [1.54, 1.807) is 43.3 Å². The standard InChI is InChI=1S/C19H15NO4/c1-2-23-19(22)18-15(13-9-5-3-6-10-13)16(20-24-18)17(21)14-11-7-4-8-12-14/h3-12H,2H2,1H3. The Kier molecular flexibility index (Phi) is 4.52. The normalized spacial score (nSPS) is 10.4. The molecule has 0 aliphatic carbocycles. The Balaban J connectivity index is 2.13. The molecule has 24 heavy (non-hydrogen) atoms. The van der Waals surface area contributed by atoms with Gasteiger partial charge < -0.3 is 9.26 Å². The fourth-order valence-electron chi connectivity index (χ4n) is 2.38. The van der Waals surface area contributed by atoms with Crippen LogP contribution in [0.2, 0.25) is 0 Å². The van der Waals surface area contributed by atoms with Gasteiger partial charge in [-0.25, -0.2) is 4.79 Å². The maximum Gasteiger partial charge on any atom is 0.377 e. The number of ketones is 1. The third-order valence-corrected chi connectivity index (χ3v) is 3.47. The Bertz CT molecular complexity index is 854. The van der Waals surface area contributed by atoms with Crippen LogP contribution in [0, 0.1) is 0 Å². The summed E-state index contributed by atoms with van der Waals surface area (Å²) >= 11 is 0. The molecule has 3 aromatic rings. The van der Waals surface area contributed by atoms with E-state index in [-0.39, 0.29) is 23.8 Å². The number of ether oxygens (including phenoxy) is 1. The molecule has 2 aromatic carbocycles. The number of carbonyl (C=O) groups is 2. The Labute approximate surface area is 138 Å². The Hall–Kier alpha value is -3.21. The third-order valence-electron chi connectivity index (χ3n) is 3.47. The van der Waals surface area contributed by atoms with Gasteiger partial charge in [0.25, 0.3) is 5.76 Å². The third kappa shape index (κ3) is 2.96. The van der Waals surface area contributed by atoms with Crippen LogP contribution in [0.3, 0.4) is 0 Å². The minimum Gasteiger partial charge on any atom is -0.460 e. The molecule has 1 heterocycles. The molecule has 0 spiro atoms. The first kappa shape index (κ1) is 15.7. The van der Waals surface area contributed by atoms with Crippen molar-refractivity contribution in [1.82, 2.24) is 5.16 Å². The minimum absolute atomic E-state index is 0.0673. The lowest BCUT2D eigenvalue weighted by Crippen LogP contribution is -2.07. The van der Waals surface area contributed by atoms with E-state index in [0.29, 0.717) is 16.7 Å². The molecule has 0 unspecified atom stereocenters. The molecule has 0 fully saturated rings. The van der Waals surface area contributed by atoms with Crippen LogP contribution in [-0.4, -0.2) is 23.5 Å². The largest absolute Gasteiger partial charge is 0.460 e. The summed E-state index contributed by atoms with van der Waals surface area (Å²) in [5, 5.41) is 3.85. The summed E-state index contributed by atoms with van der Waals surface area (Å²) in [6, 6.07) is 17.8. The van der Waals surface area contributed by atoms with Crippen LogP contribution < -0.4 is 0 Å². The topological polar surface area (TPSA) is 69.4 Å². The van der Waals surface area contributed by atoms with Crippen molar-refractivity contribution in [1.29, 1.82) is 0 Å². The molecule has 120 valence electrons. The van der Waals surface area contributed by atoms with Gasteiger partial charge in [0.05, 0.1) is 12.2 Å². The van der Waals surface area contributed by atoms with Gasteiger partial charge in [-0.3, -0.25) is 4.79 Å². The highest BCUT2D eigenvalue weighted by Gasteiger charge is 2.28. The number of esters is 1. The predicted octanol–water partition coefficient (Wildman–Crippen LogP) is 3.75. The second-order valence-electron chi connectivity index (χ2n) is 5.02. The second kappa shape index (κ2) is 6.91. The van der Waals surface area contributed by atoms with Gasteiger partial charge in [0, 0.05) is 5.56 Å². The average Bonchev–Trinajstić information content (AvgIpc) is 3.08. The Morgan fingerprint density at radius 1 is 1.00 bits per heavy atom. The number of rotatable bonds is 5. The van der Waals surface area contributed by atoms with Gasteiger partial charge in [0.2, 0.25) is 5.78 Å². The summed E-state index contributed by atoms with van der Waals surface area (Å²) in [6.45, 7) is 1.90. The van der Waals surface area contributed by atoms with Gasteiger partial charge in [-0.1, -0.05) is 65.8 Å². The van der Waals surface area contributed by atoms with E-state index in [4.69, 9.17) is 9.26 Å². The Morgan fingerprint density at radius 2 is 1.62 bits per heavy atom. The molecular weight excluding hydrogens is 306 g/mol. The van der Waals surface area contributed by atoms with E-state index < -0.39 is 5.97 Å². The van der Waals surface area contributed by atoms with Crippen molar-refractivity contribution >= 4 is 11.8 Å². The summed E-state index contributed by atoms with van der Waals surface area (Å²) in [6.07, 6.45) is 0. The molecule has 0 saturated carbocycles. The Morgan fingerprint density at radius 3 is 2.25 bits per heavy atom. The van der Waals surface area contributed by atoms with Crippen molar-refractivity contribution in [3.8, 4) is 11.1 Å². The first-order valence-electron chi connectivity index (χ1n) is 7.54. The van der Waals surface area contributed by atoms with Crippen LogP contribution in [-0.2, 0) is 4.74 Å². The molecule has 5 heteroatoms. The van der Waals surface area contributed by atoms with Crippen molar-refractivity contribution in [3.05, 3.63) is 77.7 Å². The number of aromatic nitrogens is 1. The maximum atomic E-state index is 12.8. The summed E-state index contributed by atoms with van der Waals surface area (Å²) < 4.78 is 10.2. The number of nitrogens with zero attached hydrogens (tertiary/aromatic N) is 1. The van der Waals surface area contributed by atoms with Crippen LogP contribution in [0.4, 0.5) is 0 Å². The fourth-order valence-corrected chi connectivity index (χ4v) is 2.38. The molecular formula is C19H15NO4. The fraction of sp³-hybridized carbons (Fsp3) is 0.105. The predicted molar refractivity (Wildman–Crippen MR) is 87.8 cm³/mol. The monoisotopic (exact) mass is 321 g/mol. The van der Waals surface area contributed by atoms with Crippen molar-refractivity contribution in [2.75, 3.05) is 6.61 Å². The number of benzene rings is 2.